The number of rotatable bonds is 2. The van der Waals surface area contributed by atoms with Crippen LogP contribution in [-0.4, -0.2) is 18.0 Å². The maximum atomic E-state index is 2.51. The van der Waals surface area contributed by atoms with Crippen molar-refractivity contribution in [3.63, 3.8) is 0 Å². The monoisotopic (exact) mass is 153 g/mol. The third-order valence-electron chi connectivity index (χ3n) is 2.57. The topological polar surface area (TPSA) is 3.24 Å². The van der Waals surface area contributed by atoms with Crippen molar-refractivity contribution >= 4 is 0 Å². The largest absolute Gasteiger partial charge is 0.375 e. The lowest BCUT2D eigenvalue weighted by molar-refractivity contribution is 0.317. The number of hydrogen-bond donors (Lipinski definition) is 0. The molecule has 0 atom stereocenters. The van der Waals surface area contributed by atoms with Crippen molar-refractivity contribution in [2.75, 3.05) is 13.1 Å². The molecule has 0 unspecified atom stereocenters. The molecule has 0 amide bonds. The van der Waals surface area contributed by atoms with Crippen LogP contribution in [0.2, 0.25) is 0 Å². The standard InChI is InChI=1S/C10H19N/c1-4-7-11-8-5-6-9(2)10(11)3/h4-8H2,1-3H3. The molecule has 0 bridgehead atoms. The average molecular weight is 153 g/mol. The fourth-order valence-corrected chi connectivity index (χ4v) is 1.70. The molecule has 1 rings (SSSR count). The molecule has 0 saturated heterocycles. The molecule has 11 heavy (non-hydrogen) atoms. The zero-order valence-corrected chi connectivity index (χ0v) is 7.98. The Hall–Kier alpha value is -0.460. The van der Waals surface area contributed by atoms with Gasteiger partial charge in [0.2, 0.25) is 0 Å². The van der Waals surface area contributed by atoms with Crippen molar-refractivity contribution < 1.29 is 0 Å². The molecule has 0 aromatic rings. The Morgan fingerprint density at radius 2 is 2.09 bits per heavy atom. The van der Waals surface area contributed by atoms with Crippen LogP contribution in [0.5, 0.6) is 0 Å². The number of nitrogens with zero attached hydrogens (tertiary/aromatic N) is 1. The van der Waals surface area contributed by atoms with Crippen LogP contribution in [0.15, 0.2) is 11.3 Å². The van der Waals surface area contributed by atoms with E-state index in [4.69, 9.17) is 0 Å². The van der Waals surface area contributed by atoms with Crippen LogP contribution in [-0.2, 0) is 0 Å². The molecule has 1 heterocycles. The fraction of sp³-hybridized carbons (Fsp3) is 0.800. The first-order valence-corrected chi connectivity index (χ1v) is 4.67. The van der Waals surface area contributed by atoms with E-state index in [1.54, 1.807) is 5.57 Å². The number of allylic oxidation sites excluding steroid dienone is 2. The predicted molar refractivity (Wildman–Crippen MR) is 49.5 cm³/mol. The minimum atomic E-state index is 1.24. The van der Waals surface area contributed by atoms with Crippen LogP contribution in [0.1, 0.15) is 40.0 Å². The van der Waals surface area contributed by atoms with Crippen LogP contribution < -0.4 is 0 Å². The van der Waals surface area contributed by atoms with E-state index < -0.39 is 0 Å². The highest BCUT2D eigenvalue weighted by Crippen LogP contribution is 2.20. The smallest absolute Gasteiger partial charge is 0.0177 e. The summed E-state index contributed by atoms with van der Waals surface area (Å²) in [4.78, 5) is 2.51. The summed E-state index contributed by atoms with van der Waals surface area (Å²) in [5.74, 6) is 0. The Labute approximate surface area is 70.1 Å². The summed E-state index contributed by atoms with van der Waals surface area (Å²) in [6.45, 7) is 9.28. The van der Waals surface area contributed by atoms with E-state index in [-0.39, 0.29) is 0 Å². The second-order valence-corrected chi connectivity index (χ2v) is 3.46. The van der Waals surface area contributed by atoms with Gasteiger partial charge in [0.1, 0.15) is 0 Å². The van der Waals surface area contributed by atoms with E-state index in [0.29, 0.717) is 0 Å². The molecule has 0 N–H and O–H groups in total. The van der Waals surface area contributed by atoms with E-state index >= 15 is 0 Å². The lowest BCUT2D eigenvalue weighted by Gasteiger charge is -2.30. The van der Waals surface area contributed by atoms with Crippen molar-refractivity contribution in [2.24, 2.45) is 0 Å². The van der Waals surface area contributed by atoms with Gasteiger partial charge in [-0.15, -0.1) is 0 Å². The molecule has 0 fully saturated rings. The first-order valence-electron chi connectivity index (χ1n) is 4.67. The third kappa shape index (κ3) is 1.98. The Morgan fingerprint density at radius 3 is 2.73 bits per heavy atom. The van der Waals surface area contributed by atoms with Crippen molar-refractivity contribution in [1.29, 1.82) is 0 Å². The van der Waals surface area contributed by atoms with Gasteiger partial charge in [-0.1, -0.05) is 12.5 Å². The van der Waals surface area contributed by atoms with Crippen molar-refractivity contribution in [2.45, 2.75) is 40.0 Å². The summed E-state index contributed by atoms with van der Waals surface area (Å²) in [6.07, 6.45) is 3.93. The Bertz CT molecular complexity index is 158. The summed E-state index contributed by atoms with van der Waals surface area (Å²) in [5, 5.41) is 0. The SMILES string of the molecule is CCCN1CCCC(C)=C1C. The molecule has 1 nitrogen and oxygen atoms in total. The quantitative estimate of drug-likeness (QED) is 0.589. The van der Waals surface area contributed by atoms with Crippen LogP contribution in [0.25, 0.3) is 0 Å². The molecule has 1 heteroatoms. The fourth-order valence-electron chi connectivity index (χ4n) is 1.70. The van der Waals surface area contributed by atoms with Gasteiger partial charge < -0.3 is 4.90 Å². The van der Waals surface area contributed by atoms with Gasteiger partial charge >= 0.3 is 0 Å². The van der Waals surface area contributed by atoms with Gasteiger partial charge in [-0.05, 0) is 33.1 Å². The van der Waals surface area contributed by atoms with E-state index in [9.17, 15) is 0 Å². The van der Waals surface area contributed by atoms with Crippen LogP contribution >= 0.6 is 0 Å². The van der Waals surface area contributed by atoms with Crippen molar-refractivity contribution in [3.05, 3.63) is 11.3 Å². The summed E-state index contributed by atoms with van der Waals surface area (Å²) < 4.78 is 0. The molecule has 0 radical (unpaired) electrons. The predicted octanol–water partition coefficient (Wildman–Crippen LogP) is 2.79. The highest BCUT2D eigenvalue weighted by molar-refractivity contribution is 5.11. The Morgan fingerprint density at radius 1 is 1.36 bits per heavy atom. The van der Waals surface area contributed by atoms with Gasteiger partial charge in [-0.3, -0.25) is 0 Å². The molecular formula is C10H19N. The first-order chi connectivity index (χ1) is 5.25. The van der Waals surface area contributed by atoms with Gasteiger partial charge in [-0.2, -0.15) is 0 Å². The molecule has 1 aliphatic rings. The zero-order chi connectivity index (χ0) is 8.27. The lowest BCUT2D eigenvalue weighted by atomic mass is 10.0. The maximum absolute atomic E-state index is 2.51. The highest BCUT2D eigenvalue weighted by atomic mass is 15.1. The van der Waals surface area contributed by atoms with Crippen LogP contribution in [0, 0.1) is 0 Å². The van der Waals surface area contributed by atoms with Crippen molar-refractivity contribution in [3.8, 4) is 0 Å². The van der Waals surface area contributed by atoms with Crippen LogP contribution in [0.4, 0.5) is 0 Å². The molecule has 0 aromatic carbocycles. The van der Waals surface area contributed by atoms with Gasteiger partial charge in [0.25, 0.3) is 0 Å². The van der Waals surface area contributed by atoms with E-state index in [1.165, 1.54) is 38.0 Å². The van der Waals surface area contributed by atoms with Gasteiger partial charge in [0.05, 0.1) is 0 Å². The second-order valence-electron chi connectivity index (χ2n) is 3.46. The molecular weight excluding hydrogens is 134 g/mol. The molecule has 64 valence electrons. The highest BCUT2D eigenvalue weighted by Gasteiger charge is 2.11. The minimum Gasteiger partial charge on any atom is -0.375 e. The Balaban J connectivity index is 2.58. The third-order valence-corrected chi connectivity index (χ3v) is 2.57. The zero-order valence-electron chi connectivity index (χ0n) is 7.98. The van der Waals surface area contributed by atoms with Gasteiger partial charge in [-0.25, -0.2) is 0 Å². The second kappa shape index (κ2) is 3.80. The molecule has 1 aliphatic heterocycles. The summed E-state index contributed by atoms with van der Waals surface area (Å²) in [7, 11) is 0. The number of hydrogen-bond acceptors (Lipinski definition) is 1. The summed E-state index contributed by atoms with van der Waals surface area (Å²) in [5.41, 5.74) is 3.11. The molecule has 0 aliphatic carbocycles. The lowest BCUT2D eigenvalue weighted by Crippen LogP contribution is -2.27. The van der Waals surface area contributed by atoms with Crippen molar-refractivity contribution in [1.82, 2.24) is 4.90 Å². The summed E-state index contributed by atoms with van der Waals surface area (Å²) >= 11 is 0. The van der Waals surface area contributed by atoms with Gasteiger partial charge in [0.15, 0.2) is 0 Å². The maximum Gasteiger partial charge on any atom is 0.0177 e. The van der Waals surface area contributed by atoms with E-state index in [2.05, 4.69) is 25.7 Å². The molecule has 0 spiro atoms. The first kappa shape index (κ1) is 8.63. The van der Waals surface area contributed by atoms with Crippen LogP contribution in [0.3, 0.4) is 0 Å². The Kier molecular flexibility index (Phi) is 2.98. The van der Waals surface area contributed by atoms with Gasteiger partial charge in [0, 0.05) is 18.8 Å². The minimum absolute atomic E-state index is 1.24. The van der Waals surface area contributed by atoms with E-state index in [1.807, 2.05) is 0 Å². The molecule has 0 aromatic heterocycles. The normalized spacial score (nSPS) is 19.4. The molecule has 0 saturated carbocycles. The van der Waals surface area contributed by atoms with E-state index in [0.717, 1.165) is 0 Å². The average Bonchev–Trinajstić information content (AvgIpc) is 1.99. The summed E-state index contributed by atoms with van der Waals surface area (Å²) in [6, 6.07) is 0.